The molecule has 1 aliphatic rings. The van der Waals surface area contributed by atoms with Crippen LogP contribution in [0.1, 0.15) is 46.0 Å². The smallest absolute Gasteiger partial charge is 0.213 e. The fourth-order valence-corrected chi connectivity index (χ4v) is 3.07. The maximum Gasteiger partial charge on any atom is 0.213 e. The first-order valence-electron chi connectivity index (χ1n) is 6.98. The number of pyridine rings is 1. The summed E-state index contributed by atoms with van der Waals surface area (Å²) in [4.78, 5) is 4.19. The molecule has 0 aromatic carbocycles. The maximum absolute atomic E-state index is 5.85. The lowest BCUT2D eigenvalue weighted by molar-refractivity contribution is 0.00143. The summed E-state index contributed by atoms with van der Waals surface area (Å²) in [6.45, 7) is 5.37. The van der Waals surface area contributed by atoms with Crippen LogP contribution in [0.5, 0.6) is 5.88 Å². The molecule has 0 bridgehead atoms. The van der Waals surface area contributed by atoms with Crippen LogP contribution in [-0.2, 0) is 0 Å². The first-order chi connectivity index (χ1) is 8.63. The van der Waals surface area contributed by atoms with Crippen molar-refractivity contribution >= 4 is 5.69 Å². The predicted octanol–water partition coefficient (Wildman–Crippen LogP) is 3.65. The number of hydrogen-bond acceptors (Lipinski definition) is 3. The van der Waals surface area contributed by atoms with Gasteiger partial charge in [-0.15, -0.1) is 0 Å². The third kappa shape index (κ3) is 3.15. The number of nitrogens with zero attached hydrogens (tertiary/aromatic N) is 1. The second-order valence-corrected chi connectivity index (χ2v) is 5.84. The van der Waals surface area contributed by atoms with Crippen LogP contribution >= 0.6 is 0 Å². The Balaban J connectivity index is 1.88. The minimum absolute atomic E-state index is 0.401. The molecule has 1 saturated carbocycles. The van der Waals surface area contributed by atoms with Crippen molar-refractivity contribution in [1.29, 1.82) is 0 Å². The van der Waals surface area contributed by atoms with E-state index >= 15 is 0 Å². The van der Waals surface area contributed by atoms with Crippen molar-refractivity contribution in [3.05, 3.63) is 18.3 Å². The molecule has 1 aromatic heterocycles. The molecule has 0 amide bonds. The summed E-state index contributed by atoms with van der Waals surface area (Å²) in [6.07, 6.45) is 8.08. The molecule has 1 heterocycles. The van der Waals surface area contributed by atoms with E-state index < -0.39 is 0 Å². The maximum atomic E-state index is 5.85. The van der Waals surface area contributed by atoms with Gasteiger partial charge in [0.15, 0.2) is 0 Å². The Labute approximate surface area is 110 Å². The number of aromatic nitrogens is 1. The quantitative estimate of drug-likeness (QED) is 0.836. The van der Waals surface area contributed by atoms with Crippen molar-refractivity contribution in [2.75, 3.05) is 12.3 Å². The molecule has 1 aromatic rings. The molecule has 3 nitrogen and oxygen atoms in total. The van der Waals surface area contributed by atoms with Gasteiger partial charge in [-0.3, -0.25) is 0 Å². The van der Waals surface area contributed by atoms with E-state index in [2.05, 4.69) is 18.8 Å². The van der Waals surface area contributed by atoms with E-state index in [4.69, 9.17) is 10.5 Å². The highest BCUT2D eigenvalue weighted by molar-refractivity contribution is 5.35. The number of rotatable bonds is 6. The Morgan fingerprint density at radius 2 is 2.22 bits per heavy atom. The lowest BCUT2D eigenvalue weighted by atomic mass is 9.61. The molecule has 0 radical (unpaired) electrons. The van der Waals surface area contributed by atoms with E-state index in [9.17, 15) is 0 Å². The number of nitrogen functional groups attached to an aromatic ring is 1. The second-order valence-electron chi connectivity index (χ2n) is 5.84. The standard InChI is InChI=1S/C15H24N2O/c1-3-4-7-15(8-12(2)9-15)11-18-14-6-5-13(16)10-17-14/h5-6,10,12H,3-4,7-9,11,16H2,1-2H3. The van der Waals surface area contributed by atoms with Crippen LogP contribution in [0.2, 0.25) is 0 Å². The van der Waals surface area contributed by atoms with Gasteiger partial charge in [0.2, 0.25) is 5.88 Å². The third-order valence-electron chi connectivity index (χ3n) is 3.91. The molecule has 2 N–H and O–H groups in total. The van der Waals surface area contributed by atoms with Crippen LogP contribution in [0.25, 0.3) is 0 Å². The molecule has 0 unspecified atom stereocenters. The van der Waals surface area contributed by atoms with Crippen molar-refractivity contribution in [3.63, 3.8) is 0 Å². The van der Waals surface area contributed by atoms with E-state index in [0.717, 1.165) is 12.5 Å². The topological polar surface area (TPSA) is 48.1 Å². The third-order valence-corrected chi connectivity index (χ3v) is 3.91. The van der Waals surface area contributed by atoms with E-state index in [0.29, 0.717) is 17.0 Å². The number of hydrogen-bond donors (Lipinski definition) is 1. The van der Waals surface area contributed by atoms with Crippen LogP contribution in [-0.4, -0.2) is 11.6 Å². The van der Waals surface area contributed by atoms with Crippen molar-refractivity contribution < 1.29 is 4.74 Å². The minimum Gasteiger partial charge on any atom is -0.477 e. The molecule has 0 atom stereocenters. The molecule has 0 aliphatic heterocycles. The number of unbranched alkanes of at least 4 members (excludes halogenated alkanes) is 1. The molecule has 1 fully saturated rings. The minimum atomic E-state index is 0.401. The zero-order chi connectivity index (χ0) is 13.0. The summed E-state index contributed by atoms with van der Waals surface area (Å²) < 4.78 is 5.85. The highest BCUT2D eigenvalue weighted by Gasteiger charge is 2.42. The van der Waals surface area contributed by atoms with Gasteiger partial charge in [-0.25, -0.2) is 4.98 Å². The molecule has 18 heavy (non-hydrogen) atoms. The summed E-state index contributed by atoms with van der Waals surface area (Å²) in [5.74, 6) is 1.55. The Morgan fingerprint density at radius 3 is 2.78 bits per heavy atom. The van der Waals surface area contributed by atoms with Gasteiger partial charge in [-0.05, 0) is 31.2 Å². The molecule has 2 rings (SSSR count). The molecule has 0 saturated heterocycles. The summed E-state index contributed by atoms with van der Waals surface area (Å²) in [6, 6.07) is 3.69. The Morgan fingerprint density at radius 1 is 1.44 bits per heavy atom. The van der Waals surface area contributed by atoms with Gasteiger partial charge < -0.3 is 10.5 Å². The molecule has 3 heteroatoms. The summed E-state index contributed by atoms with van der Waals surface area (Å²) in [5.41, 5.74) is 6.69. The summed E-state index contributed by atoms with van der Waals surface area (Å²) >= 11 is 0. The molecule has 0 spiro atoms. The number of nitrogens with two attached hydrogens (primary N) is 1. The lowest BCUT2D eigenvalue weighted by Gasteiger charge is -2.46. The zero-order valence-electron chi connectivity index (χ0n) is 11.5. The largest absolute Gasteiger partial charge is 0.477 e. The van der Waals surface area contributed by atoms with Gasteiger partial charge in [0.25, 0.3) is 0 Å². The van der Waals surface area contributed by atoms with Crippen molar-refractivity contribution in [2.45, 2.75) is 46.0 Å². The Hall–Kier alpha value is -1.25. The zero-order valence-corrected chi connectivity index (χ0v) is 11.5. The summed E-state index contributed by atoms with van der Waals surface area (Å²) in [7, 11) is 0. The predicted molar refractivity (Wildman–Crippen MR) is 74.5 cm³/mol. The monoisotopic (exact) mass is 248 g/mol. The molecule has 100 valence electrons. The fraction of sp³-hybridized carbons (Fsp3) is 0.667. The highest BCUT2D eigenvalue weighted by atomic mass is 16.5. The van der Waals surface area contributed by atoms with Gasteiger partial charge in [0, 0.05) is 11.5 Å². The van der Waals surface area contributed by atoms with E-state index in [1.165, 1.54) is 32.1 Å². The fourth-order valence-electron chi connectivity index (χ4n) is 3.07. The van der Waals surface area contributed by atoms with Gasteiger partial charge in [-0.1, -0.05) is 26.7 Å². The van der Waals surface area contributed by atoms with Gasteiger partial charge in [-0.2, -0.15) is 0 Å². The number of ether oxygens (including phenoxy) is 1. The molecule has 1 aliphatic carbocycles. The van der Waals surface area contributed by atoms with Gasteiger partial charge in [0.05, 0.1) is 18.5 Å². The Bertz CT molecular complexity index is 369. The van der Waals surface area contributed by atoms with Gasteiger partial charge >= 0.3 is 0 Å². The molecular formula is C15H24N2O. The highest BCUT2D eigenvalue weighted by Crippen LogP contribution is 2.49. The average Bonchev–Trinajstić information content (AvgIpc) is 2.33. The van der Waals surface area contributed by atoms with Crippen LogP contribution in [0.3, 0.4) is 0 Å². The van der Waals surface area contributed by atoms with Gasteiger partial charge in [0.1, 0.15) is 0 Å². The molecular weight excluding hydrogens is 224 g/mol. The summed E-state index contributed by atoms with van der Waals surface area (Å²) in [5, 5.41) is 0. The van der Waals surface area contributed by atoms with Crippen LogP contribution in [0, 0.1) is 11.3 Å². The second kappa shape index (κ2) is 5.59. The first kappa shape index (κ1) is 13.2. The lowest BCUT2D eigenvalue weighted by Crippen LogP contribution is -2.41. The Kier molecular flexibility index (Phi) is 4.10. The van der Waals surface area contributed by atoms with E-state index in [-0.39, 0.29) is 0 Å². The SMILES string of the molecule is CCCCC1(COc2ccc(N)cn2)CC(C)C1. The average molecular weight is 248 g/mol. The van der Waals surface area contributed by atoms with Crippen molar-refractivity contribution in [2.24, 2.45) is 11.3 Å². The van der Waals surface area contributed by atoms with Crippen LogP contribution in [0.15, 0.2) is 18.3 Å². The van der Waals surface area contributed by atoms with Crippen molar-refractivity contribution in [1.82, 2.24) is 4.98 Å². The van der Waals surface area contributed by atoms with Crippen LogP contribution < -0.4 is 10.5 Å². The number of anilines is 1. The van der Waals surface area contributed by atoms with E-state index in [1.807, 2.05) is 12.1 Å². The van der Waals surface area contributed by atoms with Crippen LogP contribution in [0.4, 0.5) is 5.69 Å². The normalized spacial score (nSPS) is 26.7. The van der Waals surface area contributed by atoms with E-state index in [1.54, 1.807) is 6.20 Å². The van der Waals surface area contributed by atoms with Crippen molar-refractivity contribution in [3.8, 4) is 5.88 Å². The first-order valence-corrected chi connectivity index (χ1v) is 6.98.